The quantitative estimate of drug-likeness (QED) is 0.900. The average molecular weight is 299 g/mol. The van der Waals surface area contributed by atoms with E-state index in [0.29, 0.717) is 5.92 Å². The summed E-state index contributed by atoms with van der Waals surface area (Å²) in [5.41, 5.74) is 8.20. The van der Waals surface area contributed by atoms with Gasteiger partial charge in [0.25, 0.3) is 0 Å². The maximum absolute atomic E-state index is 9.16. The van der Waals surface area contributed by atoms with E-state index in [2.05, 4.69) is 39.0 Å². The van der Waals surface area contributed by atoms with Crippen LogP contribution in [0, 0.1) is 5.92 Å². The monoisotopic (exact) mass is 298 g/mol. The van der Waals surface area contributed by atoms with Gasteiger partial charge in [-0.1, -0.05) is 6.07 Å². The van der Waals surface area contributed by atoms with Crippen LogP contribution in [-0.4, -0.2) is 24.8 Å². The van der Waals surface area contributed by atoms with Crippen LogP contribution >= 0.6 is 15.9 Å². The third kappa shape index (κ3) is 2.81. The van der Waals surface area contributed by atoms with Gasteiger partial charge in [0.1, 0.15) is 0 Å². The second kappa shape index (κ2) is 5.38. The highest BCUT2D eigenvalue weighted by molar-refractivity contribution is 9.10. The minimum atomic E-state index is 0.0594. The van der Waals surface area contributed by atoms with E-state index in [-0.39, 0.29) is 12.6 Å². The van der Waals surface area contributed by atoms with E-state index in [0.717, 1.165) is 29.5 Å². The highest BCUT2D eigenvalue weighted by atomic mass is 79.9. The molecule has 1 aromatic rings. The van der Waals surface area contributed by atoms with Crippen molar-refractivity contribution in [3.05, 3.63) is 28.2 Å². The number of anilines is 1. The van der Waals surface area contributed by atoms with Gasteiger partial charge in [-0.25, -0.2) is 0 Å². The van der Waals surface area contributed by atoms with E-state index < -0.39 is 0 Å². The Hall–Kier alpha value is -0.580. The van der Waals surface area contributed by atoms with Crippen LogP contribution in [0.2, 0.25) is 0 Å². The summed E-state index contributed by atoms with van der Waals surface area (Å²) >= 11 is 3.61. The second-order valence-corrected chi connectivity index (χ2v) is 5.64. The lowest BCUT2D eigenvalue weighted by Gasteiger charge is -2.21. The Morgan fingerprint density at radius 2 is 2.35 bits per heavy atom. The predicted molar refractivity (Wildman–Crippen MR) is 74.2 cm³/mol. The maximum atomic E-state index is 9.16. The molecule has 94 valence electrons. The lowest BCUT2D eigenvalue weighted by Crippen LogP contribution is -2.21. The fourth-order valence-electron chi connectivity index (χ4n) is 2.26. The SMILES string of the molecule is CC(N)c1ccc(N2CCC(CO)C2)c(Br)c1. The summed E-state index contributed by atoms with van der Waals surface area (Å²) in [4.78, 5) is 2.32. The number of hydrogen-bond acceptors (Lipinski definition) is 3. The largest absolute Gasteiger partial charge is 0.396 e. The van der Waals surface area contributed by atoms with Crippen molar-refractivity contribution in [1.82, 2.24) is 0 Å². The number of nitrogens with zero attached hydrogens (tertiary/aromatic N) is 1. The molecule has 0 aliphatic carbocycles. The van der Waals surface area contributed by atoms with Crippen LogP contribution in [0.15, 0.2) is 22.7 Å². The molecule has 0 aromatic heterocycles. The number of benzene rings is 1. The average Bonchev–Trinajstić information content (AvgIpc) is 2.77. The van der Waals surface area contributed by atoms with Gasteiger partial charge in [0.05, 0.1) is 5.69 Å². The van der Waals surface area contributed by atoms with E-state index >= 15 is 0 Å². The predicted octanol–water partition coefficient (Wildman–Crippen LogP) is 2.29. The highest BCUT2D eigenvalue weighted by Gasteiger charge is 2.23. The van der Waals surface area contributed by atoms with Gasteiger partial charge in [-0.05, 0) is 47.0 Å². The molecule has 17 heavy (non-hydrogen) atoms. The zero-order valence-corrected chi connectivity index (χ0v) is 11.7. The molecule has 0 bridgehead atoms. The summed E-state index contributed by atoms with van der Waals surface area (Å²) in [6, 6.07) is 6.34. The fourth-order valence-corrected chi connectivity index (χ4v) is 2.91. The molecule has 2 unspecified atom stereocenters. The van der Waals surface area contributed by atoms with Crippen LogP contribution in [-0.2, 0) is 0 Å². The van der Waals surface area contributed by atoms with E-state index in [1.165, 1.54) is 5.69 Å². The van der Waals surface area contributed by atoms with Crippen molar-refractivity contribution in [2.75, 3.05) is 24.6 Å². The zero-order valence-electron chi connectivity index (χ0n) is 10.1. The number of aliphatic hydroxyl groups is 1. The van der Waals surface area contributed by atoms with Gasteiger partial charge in [-0.2, -0.15) is 0 Å². The molecule has 1 fully saturated rings. The Morgan fingerprint density at radius 1 is 1.59 bits per heavy atom. The zero-order chi connectivity index (χ0) is 12.4. The Bertz CT molecular complexity index is 395. The van der Waals surface area contributed by atoms with Gasteiger partial charge in [0.2, 0.25) is 0 Å². The van der Waals surface area contributed by atoms with Crippen LogP contribution < -0.4 is 10.6 Å². The molecule has 2 atom stereocenters. The van der Waals surface area contributed by atoms with Gasteiger partial charge < -0.3 is 15.7 Å². The molecule has 3 nitrogen and oxygen atoms in total. The van der Waals surface area contributed by atoms with Gasteiger partial charge in [-0.15, -0.1) is 0 Å². The first kappa shape index (κ1) is 12.9. The molecule has 4 heteroatoms. The van der Waals surface area contributed by atoms with Gasteiger partial charge >= 0.3 is 0 Å². The third-order valence-electron chi connectivity index (χ3n) is 3.38. The minimum absolute atomic E-state index is 0.0594. The Morgan fingerprint density at radius 3 is 2.88 bits per heavy atom. The van der Waals surface area contributed by atoms with Crippen LogP contribution in [0.5, 0.6) is 0 Å². The second-order valence-electron chi connectivity index (χ2n) is 4.78. The van der Waals surface area contributed by atoms with Crippen LogP contribution in [0.25, 0.3) is 0 Å². The van der Waals surface area contributed by atoms with Gasteiger partial charge in [0, 0.05) is 36.1 Å². The van der Waals surface area contributed by atoms with Crippen molar-refractivity contribution in [2.45, 2.75) is 19.4 Å². The number of nitrogens with two attached hydrogens (primary N) is 1. The molecule has 1 saturated heterocycles. The molecule has 1 heterocycles. The van der Waals surface area contributed by atoms with Crippen molar-refractivity contribution in [2.24, 2.45) is 11.7 Å². The Balaban J connectivity index is 2.17. The molecule has 1 aromatic carbocycles. The molecule has 1 aliphatic rings. The van der Waals surface area contributed by atoms with Crippen molar-refractivity contribution >= 4 is 21.6 Å². The molecule has 0 spiro atoms. The first-order chi connectivity index (χ1) is 8.11. The van der Waals surface area contributed by atoms with E-state index in [4.69, 9.17) is 10.8 Å². The highest BCUT2D eigenvalue weighted by Crippen LogP contribution is 2.32. The first-order valence-corrected chi connectivity index (χ1v) is 6.82. The summed E-state index contributed by atoms with van der Waals surface area (Å²) < 4.78 is 1.09. The molecule has 3 N–H and O–H groups in total. The van der Waals surface area contributed by atoms with E-state index in [1.807, 2.05) is 6.92 Å². The van der Waals surface area contributed by atoms with Crippen molar-refractivity contribution in [3.63, 3.8) is 0 Å². The van der Waals surface area contributed by atoms with Crippen molar-refractivity contribution < 1.29 is 5.11 Å². The number of hydrogen-bond donors (Lipinski definition) is 2. The molecule has 0 radical (unpaired) electrons. The number of halogens is 1. The van der Waals surface area contributed by atoms with Crippen LogP contribution in [0.1, 0.15) is 24.9 Å². The van der Waals surface area contributed by atoms with Gasteiger partial charge in [0.15, 0.2) is 0 Å². The molecule has 1 aliphatic heterocycles. The maximum Gasteiger partial charge on any atom is 0.0510 e. The number of rotatable bonds is 3. The Labute approximate surface area is 111 Å². The normalized spacial score (nSPS) is 21.9. The molecule has 0 amide bonds. The summed E-state index contributed by atoms with van der Waals surface area (Å²) in [6.07, 6.45) is 1.07. The molecule has 2 rings (SSSR count). The smallest absolute Gasteiger partial charge is 0.0510 e. The molecular weight excluding hydrogens is 280 g/mol. The van der Waals surface area contributed by atoms with Crippen molar-refractivity contribution in [1.29, 1.82) is 0 Å². The number of aliphatic hydroxyl groups excluding tert-OH is 1. The summed E-state index contributed by atoms with van der Waals surface area (Å²) in [5.74, 6) is 0.412. The van der Waals surface area contributed by atoms with E-state index in [1.54, 1.807) is 0 Å². The minimum Gasteiger partial charge on any atom is -0.396 e. The topological polar surface area (TPSA) is 49.5 Å². The van der Waals surface area contributed by atoms with Gasteiger partial charge in [-0.3, -0.25) is 0 Å². The summed E-state index contributed by atoms with van der Waals surface area (Å²) in [6.45, 7) is 4.22. The van der Waals surface area contributed by atoms with E-state index in [9.17, 15) is 0 Å². The molecule has 0 saturated carbocycles. The first-order valence-electron chi connectivity index (χ1n) is 6.02. The summed E-state index contributed by atoms with van der Waals surface area (Å²) in [5, 5.41) is 9.16. The fraction of sp³-hybridized carbons (Fsp3) is 0.538. The van der Waals surface area contributed by atoms with Crippen molar-refractivity contribution in [3.8, 4) is 0 Å². The lowest BCUT2D eigenvalue weighted by atomic mass is 10.1. The standard InChI is InChI=1S/C13H19BrN2O/c1-9(15)11-2-3-13(12(14)6-11)16-5-4-10(7-16)8-17/h2-3,6,9-10,17H,4-5,7-8,15H2,1H3. The Kier molecular flexibility index (Phi) is 4.07. The van der Waals surface area contributed by atoms with Crippen LogP contribution in [0.4, 0.5) is 5.69 Å². The lowest BCUT2D eigenvalue weighted by molar-refractivity contribution is 0.238. The molecular formula is C13H19BrN2O. The summed E-state index contributed by atoms with van der Waals surface area (Å²) in [7, 11) is 0. The third-order valence-corrected chi connectivity index (χ3v) is 4.02. The van der Waals surface area contributed by atoms with Crippen LogP contribution in [0.3, 0.4) is 0 Å².